The molecule has 4 heavy (non-hydrogen) atoms. The quantitative estimate of drug-likeness (QED) is 0.284. The maximum absolute atomic E-state index is 10.3. The molecule has 0 nitrogen and oxygen atoms in total. The van der Waals surface area contributed by atoms with E-state index >= 15 is 0 Å². The molecule has 0 unspecified atom stereocenters. The SMILES string of the molecule is CCF.[H-].[Li+]. The normalized spacial score (nSPS) is 4.50. The molecule has 0 atom stereocenters. The average Bonchev–Trinajstić information content (AvgIpc) is 0.918. The van der Waals surface area contributed by atoms with Gasteiger partial charge in [0, 0.05) is 0 Å². The standard InChI is InChI=1S/C2H5F.Li.H/c1-2-3;;/h2H2,1H3;;/q;+1;-1. The summed E-state index contributed by atoms with van der Waals surface area (Å²) in [5, 5.41) is 0. The zero-order chi connectivity index (χ0) is 2.71. The second-order valence-electron chi connectivity index (χ2n) is 0.267. The second-order valence-corrected chi connectivity index (χ2v) is 0.267. The van der Waals surface area contributed by atoms with E-state index in [1.54, 1.807) is 0 Å². The van der Waals surface area contributed by atoms with Crippen LogP contribution >= 0.6 is 0 Å². The van der Waals surface area contributed by atoms with Gasteiger partial charge >= 0.3 is 18.9 Å². The van der Waals surface area contributed by atoms with Crippen LogP contribution in [0.15, 0.2) is 0 Å². The summed E-state index contributed by atoms with van der Waals surface area (Å²) in [4.78, 5) is 0. The van der Waals surface area contributed by atoms with Crippen LogP contribution < -0.4 is 18.9 Å². The fourth-order valence-electron chi connectivity index (χ4n) is 0. The Bertz CT molecular complexity index is 9.61. The van der Waals surface area contributed by atoms with E-state index in [-0.39, 0.29) is 27.0 Å². The summed E-state index contributed by atoms with van der Waals surface area (Å²) in [6.45, 7) is 1.21. The Kier molecular flexibility index (Phi) is 21.3. The molecule has 0 aromatic carbocycles. The minimum atomic E-state index is -0.250. The Balaban J connectivity index is -0.0000000200. The van der Waals surface area contributed by atoms with E-state index in [2.05, 4.69) is 0 Å². The molecule has 2 heteroatoms. The Morgan fingerprint density at radius 2 is 2.00 bits per heavy atom. The molecule has 0 N–H and O–H groups in total. The van der Waals surface area contributed by atoms with Crippen LogP contribution in [0.25, 0.3) is 0 Å². The molecule has 0 aliphatic rings. The molecule has 0 saturated heterocycles. The minimum absolute atomic E-state index is 0. The third kappa shape index (κ3) is 21.2. The first-order valence-corrected chi connectivity index (χ1v) is 0.974. The maximum atomic E-state index is 10.3. The van der Waals surface area contributed by atoms with Crippen LogP contribution in [0, 0.1) is 0 Å². The number of hydrogen-bond acceptors (Lipinski definition) is 0. The predicted molar refractivity (Wildman–Crippen MR) is 12.8 cm³/mol. The van der Waals surface area contributed by atoms with Crippen LogP contribution in [0.2, 0.25) is 0 Å². The fraction of sp³-hybridized carbons (Fsp3) is 1.00. The van der Waals surface area contributed by atoms with Crippen LogP contribution in [0.5, 0.6) is 0 Å². The Morgan fingerprint density at radius 3 is 2.00 bits per heavy atom. The molecule has 0 spiro atoms. The summed E-state index contributed by atoms with van der Waals surface area (Å²) < 4.78 is 10.3. The van der Waals surface area contributed by atoms with Gasteiger partial charge in [-0.2, -0.15) is 0 Å². The number of halogens is 1. The number of alkyl halides is 1. The monoisotopic (exact) mass is 56.1 g/mol. The van der Waals surface area contributed by atoms with E-state index in [4.69, 9.17) is 0 Å². The van der Waals surface area contributed by atoms with E-state index < -0.39 is 0 Å². The molecule has 0 aliphatic heterocycles. The topological polar surface area (TPSA) is 0 Å². The van der Waals surface area contributed by atoms with Gasteiger partial charge < -0.3 is 1.43 Å². The van der Waals surface area contributed by atoms with E-state index in [0.717, 1.165) is 0 Å². The summed E-state index contributed by atoms with van der Waals surface area (Å²) in [5.74, 6) is 0. The van der Waals surface area contributed by atoms with Gasteiger partial charge in [0.15, 0.2) is 0 Å². The van der Waals surface area contributed by atoms with Crippen molar-refractivity contribution in [2.24, 2.45) is 0 Å². The van der Waals surface area contributed by atoms with Crippen LogP contribution in [0.1, 0.15) is 8.35 Å². The van der Waals surface area contributed by atoms with Crippen molar-refractivity contribution in [2.75, 3.05) is 6.67 Å². The van der Waals surface area contributed by atoms with Crippen LogP contribution in [-0.4, -0.2) is 6.67 Å². The summed E-state index contributed by atoms with van der Waals surface area (Å²) in [6.07, 6.45) is 0. The molecule has 0 aromatic heterocycles. The molecular weight excluding hydrogens is 50.0 g/mol. The van der Waals surface area contributed by atoms with E-state index in [1.165, 1.54) is 6.92 Å². The zero-order valence-electron chi connectivity index (χ0n) is 4.09. The molecule has 22 valence electrons. The maximum Gasteiger partial charge on any atom is 1.00 e. The predicted octanol–water partition coefficient (Wildman–Crippen LogP) is -1.91. The van der Waals surface area contributed by atoms with Gasteiger partial charge in [-0.1, -0.05) is 0 Å². The van der Waals surface area contributed by atoms with Crippen molar-refractivity contribution in [3.8, 4) is 0 Å². The average molecular weight is 56.0 g/mol. The molecular formula is C2H6FLi. The Morgan fingerprint density at radius 1 is 2.00 bits per heavy atom. The molecule has 0 radical (unpaired) electrons. The zero-order valence-corrected chi connectivity index (χ0v) is 3.09. The van der Waals surface area contributed by atoms with Crippen molar-refractivity contribution in [3.05, 3.63) is 0 Å². The number of hydrogen-bond donors (Lipinski definition) is 0. The molecule has 0 fully saturated rings. The third-order valence-electron chi connectivity index (χ3n) is 0. The van der Waals surface area contributed by atoms with Crippen molar-refractivity contribution in [1.29, 1.82) is 0 Å². The van der Waals surface area contributed by atoms with Crippen molar-refractivity contribution in [3.63, 3.8) is 0 Å². The third-order valence-corrected chi connectivity index (χ3v) is 0. The number of rotatable bonds is 0. The molecule has 0 bridgehead atoms. The van der Waals surface area contributed by atoms with Gasteiger partial charge in [-0.25, -0.2) is 0 Å². The molecule has 0 aromatic rings. The van der Waals surface area contributed by atoms with Crippen molar-refractivity contribution >= 4 is 0 Å². The van der Waals surface area contributed by atoms with Gasteiger partial charge in [0.1, 0.15) is 0 Å². The van der Waals surface area contributed by atoms with Gasteiger partial charge in [0.2, 0.25) is 0 Å². The molecule has 0 saturated carbocycles. The largest absolute Gasteiger partial charge is 1.00 e. The van der Waals surface area contributed by atoms with E-state index in [0.29, 0.717) is 0 Å². The van der Waals surface area contributed by atoms with E-state index in [1.807, 2.05) is 0 Å². The van der Waals surface area contributed by atoms with Crippen LogP contribution in [0.4, 0.5) is 4.39 Å². The molecule has 0 heterocycles. The van der Waals surface area contributed by atoms with Crippen molar-refractivity contribution < 1.29 is 24.7 Å². The summed E-state index contributed by atoms with van der Waals surface area (Å²) in [5.41, 5.74) is 0. The molecule has 0 rings (SSSR count). The van der Waals surface area contributed by atoms with Gasteiger partial charge in [-0.15, -0.1) is 0 Å². The second kappa shape index (κ2) is 9.66. The van der Waals surface area contributed by atoms with Gasteiger partial charge in [0.05, 0.1) is 6.67 Å². The first kappa shape index (κ1) is 8.82. The molecule has 0 aliphatic carbocycles. The Hall–Kier alpha value is 0.527. The van der Waals surface area contributed by atoms with Crippen LogP contribution in [-0.2, 0) is 0 Å². The van der Waals surface area contributed by atoms with Crippen molar-refractivity contribution in [1.82, 2.24) is 0 Å². The summed E-state index contributed by atoms with van der Waals surface area (Å²) in [7, 11) is 0. The van der Waals surface area contributed by atoms with Gasteiger partial charge in [-0.05, 0) is 6.92 Å². The van der Waals surface area contributed by atoms with Crippen molar-refractivity contribution in [2.45, 2.75) is 6.92 Å². The van der Waals surface area contributed by atoms with Crippen LogP contribution in [0.3, 0.4) is 0 Å². The van der Waals surface area contributed by atoms with E-state index in [9.17, 15) is 4.39 Å². The molecule has 0 amide bonds. The van der Waals surface area contributed by atoms with Gasteiger partial charge in [0.25, 0.3) is 0 Å². The fourth-order valence-corrected chi connectivity index (χ4v) is 0. The summed E-state index contributed by atoms with van der Waals surface area (Å²) in [6, 6.07) is 0. The first-order valence-electron chi connectivity index (χ1n) is 0.974. The smallest absolute Gasteiger partial charge is 1.00 e. The van der Waals surface area contributed by atoms with Gasteiger partial charge in [-0.3, -0.25) is 4.39 Å². The first-order chi connectivity index (χ1) is 1.41. The summed E-state index contributed by atoms with van der Waals surface area (Å²) >= 11 is 0. The Labute approximate surface area is 39.1 Å². The minimum Gasteiger partial charge on any atom is -1.00 e.